The van der Waals surface area contributed by atoms with E-state index in [-0.39, 0.29) is 11.5 Å². The van der Waals surface area contributed by atoms with Crippen molar-refractivity contribution >= 4 is 23.2 Å². The molecular weight excluding hydrogens is 303 g/mol. The minimum atomic E-state index is -4.73. The van der Waals surface area contributed by atoms with Gasteiger partial charge in [0.15, 0.2) is 5.78 Å². The lowest BCUT2D eigenvalue weighted by Crippen LogP contribution is -2.17. The van der Waals surface area contributed by atoms with Crippen LogP contribution in [0, 0.1) is 0 Å². The SMILES string of the molecule is CC(=O)/C=C/c1cnc(-c2cccc(OC(F)(F)F)c2)s1. The molecule has 1 heterocycles. The maximum absolute atomic E-state index is 12.2. The molecule has 0 saturated heterocycles. The number of allylic oxidation sites excluding steroid dienone is 1. The standard InChI is InChI=1S/C14H10F3NO2S/c1-9(19)5-6-12-8-18-13(21-12)10-3-2-4-11(7-10)20-14(15,16)17/h2-8H,1H3/b6-5+. The van der Waals surface area contributed by atoms with Gasteiger partial charge >= 0.3 is 6.36 Å². The third kappa shape index (κ3) is 4.71. The monoisotopic (exact) mass is 313 g/mol. The number of hydrogen-bond acceptors (Lipinski definition) is 4. The summed E-state index contributed by atoms with van der Waals surface area (Å²) < 4.78 is 40.4. The summed E-state index contributed by atoms with van der Waals surface area (Å²) in [5.41, 5.74) is 0.518. The minimum absolute atomic E-state index is 0.0921. The van der Waals surface area contributed by atoms with Crippen LogP contribution in [-0.4, -0.2) is 17.1 Å². The van der Waals surface area contributed by atoms with Crippen LogP contribution in [0.2, 0.25) is 0 Å². The lowest BCUT2D eigenvalue weighted by atomic mass is 10.2. The first kappa shape index (κ1) is 15.2. The van der Waals surface area contributed by atoms with E-state index in [9.17, 15) is 18.0 Å². The molecule has 7 heteroatoms. The molecule has 1 aromatic heterocycles. The first-order valence-electron chi connectivity index (χ1n) is 5.84. The van der Waals surface area contributed by atoms with Gasteiger partial charge in [0.1, 0.15) is 10.8 Å². The van der Waals surface area contributed by atoms with E-state index in [2.05, 4.69) is 9.72 Å². The number of hydrogen-bond donors (Lipinski definition) is 0. The van der Waals surface area contributed by atoms with E-state index in [1.165, 1.54) is 42.5 Å². The second-order valence-corrected chi connectivity index (χ2v) is 5.15. The van der Waals surface area contributed by atoms with Gasteiger partial charge in [-0.15, -0.1) is 24.5 Å². The number of aromatic nitrogens is 1. The van der Waals surface area contributed by atoms with Gasteiger partial charge in [0.25, 0.3) is 0 Å². The van der Waals surface area contributed by atoms with Gasteiger partial charge in [0, 0.05) is 16.6 Å². The molecule has 0 amide bonds. The molecule has 21 heavy (non-hydrogen) atoms. The quantitative estimate of drug-likeness (QED) is 0.790. The van der Waals surface area contributed by atoms with Crippen LogP contribution in [0.1, 0.15) is 11.8 Å². The predicted molar refractivity (Wildman–Crippen MR) is 73.9 cm³/mol. The number of ketones is 1. The third-order valence-corrected chi connectivity index (χ3v) is 3.33. The molecule has 0 aliphatic heterocycles. The largest absolute Gasteiger partial charge is 0.573 e. The highest BCUT2D eigenvalue weighted by Gasteiger charge is 2.31. The van der Waals surface area contributed by atoms with Crippen molar-refractivity contribution in [2.75, 3.05) is 0 Å². The number of benzene rings is 1. The molecule has 0 spiro atoms. The smallest absolute Gasteiger partial charge is 0.406 e. The Bertz CT molecular complexity index is 677. The minimum Gasteiger partial charge on any atom is -0.406 e. The number of ether oxygens (including phenoxy) is 1. The van der Waals surface area contributed by atoms with E-state index in [0.29, 0.717) is 10.6 Å². The van der Waals surface area contributed by atoms with Crippen LogP contribution in [0.25, 0.3) is 16.6 Å². The van der Waals surface area contributed by atoms with Gasteiger partial charge in [0.05, 0.1) is 0 Å². The molecule has 2 rings (SSSR count). The van der Waals surface area contributed by atoms with Crippen LogP contribution in [0.15, 0.2) is 36.5 Å². The molecule has 1 aromatic carbocycles. The maximum atomic E-state index is 12.2. The normalized spacial score (nSPS) is 11.8. The van der Waals surface area contributed by atoms with Crippen molar-refractivity contribution < 1.29 is 22.7 Å². The van der Waals surface area contributed by atoms with E-state index in [4.69, 9.17) is 0 Å². The van der Waals surface area contributed by atoms with Gasteiger partial charge in [-0.05, 0) is 31.2 Å². The molecule has 0 aliphatic carbocycles. The molecule has 0 saturated carbocycles. The van der Waals surface area contributed by atoms with E-state index in [1.807, 2.05) is 0 Å². The van der Waals surface area contributed by atoms with Crippen molar-refractivity contribution in [2.45, 2.75) is 13.3 Å². The number of thiazole rings is 1. The first-order valence-corrected chi connectivity index (χ1v) is 6.66. The van der Waals surface area contributed by atoms with Crippen LogP contribution in [0.4, 0.5) is 13.2 Å². The van der Waals surface area contributed by atoms with E-state index < -0.39 is 6.36 Å². The molecule has 0 radical (unpaired) electrons. The lowest BCUT2D eigenvalue weighted by molar-refractivity contribution is -0.274. The van der Waals surface area contributed by atoms with Crippen LogP contribution < -0.4 is 4.74 Å². The average Bonchev–Trinajstić information content (AvgIpc) is 2.83. The highest BCUT2D eigenvalue weighted by atomic mass is 32.1. The number of carbonyl (C=O) groups excluding carboxylic acids is 1. The fourth-order valence-corrected chi connectivity index (χ4v) is 2.34. The highest BCUT2D eigenvalue weighted by Crippen LogP contribution is 2.30. The summed E-state index contributed by atoms with van der Waals surface area (Å²) in [7, 11) is 0. The molecule has 0 bridgehead atoms. The van der Waals surface area contributed by atoms with Crippen LogP contribution in [-0.2, 0) is 4.79 Å². The summed E-state index contributed by atoms with van der Waals surface area (Å²) in [5.74, 6) is -0.387. The summed E-state index contributed by atoms with van der Waals surface area (Å²) in [5, 5.41) is 0.547. The summed E-state index contributed by atoms with van der Waals surface area (Å²) in [6.07, 6.45) is -0.159. The van der Waals surface area contributed by atoms with Gasteiger partial charge in [-0.2, -0.15) is 0 Å². The van der Waals surface area contributed by atoms with Crippen molar-refractivity contribution in [1.82, 2.24) is 4.98 Å². The van der Waals surface area contributed by atoms with Crippen molar-refractivity contribution in [3.8, 4) is 16.3 Å². The number of rotatable bonds is 4. The second-order valence-electron chi connectivity index (χ2n) is 4.09. The van der Waals surface area contributed by atoms with Crippen LogP contribution >= 0.6 is 11.3 Å². The average molecular weight is 313 g/mol. The van der Waals surface area contributed by atoms with Crippen LogP contribution in [0.3, 0.4) is 0 Å². The van der Waals surface area contributed by atoms with Crippen molar-refractivity contribution in [2.24, 2.45) is 0 Å². The Hall–Kier alpha value is -2.15. The summed E-state index contributed by atoms with van der Waals surface area (Å²) >= 11 is 1.27. The summed E-state index contributed by atoms with van der Waals surface area (Å²) in [6.45, 7) is 1.43. The van der Waals surface area contributed by atoms with Crippen molar-refractivity contribution in [3.05, 3.63) is 41.4 Å². The number of carbonyl (C=O) groups is 1. The molecule has 0 aliphatic rings. The molecule has 110 valence electrons. The van der Waals surface area contributed by atoms with Crippen LogP contribution in [0.5, 0.6) is 5.75 Å². The number of halogens is 3. The Labute approximate surface area is 122 Å². The second kappa shape index (κ2) is 6.09. The van der Waals surface area contributed by atoms with Gasteiger partial charge in [-0.1, -0.05) is 12.1 Å². The number of nitrogens with zero attached hydrogens (tertiary/aromatic N) is 1. The van der Waals surface area contributed by atoms with Crippen molar-refractivity contribution in [1.29, 1.82) is 0 Å². The Morgan fingerprint density at radius 1 is 1.38 bits per heavy atom. The van der Waals surface area contributed by atoms with Gasteiger partial charge in [0.2, 0.25) is 0 Å². The van der Waals surface area contributed by atoms with Crippen molar-refractivity contribution in [3.63, 3.8) is 0 Å². The van der Waals surface area contributed by atoms with Gasteiger partial charge in [-0.25, -0.2) is 4.98 Å². The molecule has 2 aromatic rings. The highest BCUT2D eigenvalue weighted by molar-refractivity contribution is 7.15. The lowest BCUT2D eigenvalue weighted by Gasteiger charge is -2.09. The predicted octanol–water partition coefficient (Wildman–Crippen LogP) is 4.31. The zero-order valence-electron chi connectivity index (χ0n) is 10.8. The van der Waals surface area contributed by atoms with Gasteiger partial charge < -0.3 is 4.74 Å². The zero-order chi connectivity index (χ0) is 15.5. The van der Waals surface area contributed by atoms with Gasteiger partial charge in [-0.3, -0.25) is 4.79 Å². The maximum Gasteiger partial charge on any atom is 0.573 e. The Morgan fingerprint density at radius 3 is 2.81 bits per heavy atom. The van der Waals surface area contributed by atoms with E-state index in [0.717, 1.165) is 4.88 Å². The Balaban J connectivity index is 2.22. The molecule has 0 N–H and O–H groups in total. The fourth-order valence-electron chi connectivity index (χ4n) is 1.52. The summed E-state index contributed by atoms with van der Waals surface area (Å²) in [6, 6.07) is 5.59. The zero-order valence-corrected chi connectivity index (χ0v) is 11.7. The summed E-state index contributed by atoms with van der Waals surface area (Å²) in [4.78, 5) is 15.7. The van der Waals surface area contributed by atoms with E-state index >= 15 is 0 Å². The molecular formula is C14H10F3NO2S. The number of alkyl halides is 3. The third-order valence-electron chi connectivity index (χ3n) is 2.32. The molecule has 0 fully saturated rings. The molecule has 0 atom stereocenters. The van der Waals surface area contributed by atoms with E-state index in [1.54, 1.807) is 18.3 Å². The molecule has 0 unspecified atom stereocenters. The fraction of sp³-hybridized carbons (Fsp3) is 0.143. The Kier molecular flexibility index (Phi) is 4.42. The topological polar surface area (TPSA) is 39.2 Å². The first-order chi connectivity index (χ1) is 9.83. The Morgan fingerprint density at radius 2 is 2.14 bits per heavy atom. The molecule has 3 nitrogen and oxygen atoms in total.